The summed E-state index contributed by atoms with van der Waals surface area (Å²) >= 11 is 4.91. The quantitative estimate of drug-likeness (QED) is 0.711. The third kappa shape index (κ3) is 3.72. The number of hydrogen-bond donors (Lipinski definition) is 1. The minimum Gasteiger partial charge on any atom is -0.392 e. The second-order valence-corrected chi connectivity index (χ2v) is 4.93. The number of piperazine rings is 1. The molecule has 17 heavy (non-hydrogen) atoms. The van der Waals surface area contributed by atoms with Gasteiger partial charge in [-0.25, -0.2) is 0 Å². The topological polar surface area (TPSA) is 63.2 Å². The summed E-state index contributed by atoms with van der Waals surface area (Å²) in [5.41, 5.74) is 6.56. The Hall–Kier alpha value is -1.05. The van der Waals surface area contributed by atoms with Crippen molar-refractivity contribution in [1.82, 2.24) is 24.8 Å². The van der Waals surface area contributed by atoms with Crippen LogP contribution < -0.4 is 5.73 Å². The third-order valence-corrected chi connectivity index (χ3v) is 3.01. The van der Waals surface area contributed by atoms with E-state index in [1.165, 1.54) is 0 Å². The molecule has 1 aromatic rings. The van der Waals surface area contributed by atoms with Gasteiger partial charge >= 0.3 is 0 Å². The van der Waals surface area contributed by atoms with Crippen LogP contribution >= 0.6 is 12.2 Å². The molecule has 0 unspecified atom stereocenters. The summed E-state index contributed by atoms with van der Waals surface area (Å²) in [4.78, 5) is 5.24. The van der Waals surface area contributed by atoms with Gasteiger partial charge in [0.15, 0.2) is 0 Å². The van der Waals surface area contributed by atoms with Crippen molar-refractivity contribution in [3.05, 3.63) is 11.9 Å². The molecule has 0 radical (unpaired) electrons. The van der Waals surface area contributed by atoms with E-state index in [9.17, 15) is 0 Å². The summed E-state index contributed by atoms with van der Waals surface area (Å²) < 4.78 is 1.73. The van der Waals surface area contributed by atoms with Gasteiger partial charge < -0.3 is 5.73 Å². The number of rotatable bonds is 4. The Morgan fingerprint density at radius 1 is 1.35 bits per heavy atom. The van der Waals surface area contributed by atoms with E-state index >= 15 is 0 Å². The molecule has 2 rings (SSSR count). The zero-order valence-electron chi connectivity index (χ0n) is 10.0. The molecule has 6 nitrogen and oxygen atoms in total. The maximum atomic E-state index is 5.54. The molecule has 0 saturated carbocycles. The Labute approximate surface area is 106 Å². The fourth-order valence-corrected chi connectivity index (χ4v) is 2.21. The van der Waals surface area contributed by atoms with Gasteiger partial charge in [0.2, 0.25) is 0 Å². The molecule has 0 atom stereocenters. The maximum absolute atomic E-state index is 5.54. The van der Waals surface area contributed by atoms with Crippen molar-refractivity contribution in [2.45, 2.75) is 6.54 Å². The van der Waals surface area contributed by atoms with Gasteiger partial charge in [0.25, 0.3) is 0 Å². The van der Waals surface area contributed by atoms with E-state index in [0.717, 1.165) is 45.0 Å². The third-order valence-electron chi connectivity index (χ3n) is 2.88. The molecule has 0 bridgehead atoms. The molecule has 1 aliphatic rings. The SMILES string of the molecule is Cn1cc(CN2CCN(CC(N)=S)CC2)nn1. The van der Waals surface area contributed by atoms with Gasteiger partial charge in [0.1, 0.15) is 0 Å². The zero-order valence-corrected chi connectivity index (χ0v) is 10.9. The molecular weight excluding hydrogens is 236 g/mol. The molecular formula is C10H18N6S. The molecule has 0 aliphatic carbocycles. The molecule has 1 aromatic heterocycles. The number of nitrogens with two attached hydrogens (primary N) is 1. The lowest BCUT2D eigenvalue weighted by molar-refractivity contribution is 0.139. The Morgan fingerprint density at radius 3 is 2.53 bits per heavy atom. The Kier molecular flexibility index (Phi) is 4.03. The molecule has 1 saturated heterocycles. The van der Waals surface area contributed by atoms with Crippen molar-refractivity contribution >= 4 is 17.2 Å². The van der Waals surface area contributed by atoms with Gasteiger partial charge in [0.05, 0.1) is 10.7 Å². The van der Waals surface area contributed by atoms with Crippen LogP contribution in [0.3, 0.4) is 0 Å². The van der Waals surface area contributed by atoms with E-state index in [1.54, 1.807) is 4.68 Å². The van der Waals surface area contributed by atoms with Gasteiger partial charge in [-0.2, -0.15) is 0 Å². The van der Waals surface area contributed by atoms with Gasteiger partial charge in [0, 0.05) is 52.5 Å². The Bertz CT molecular complexity index is 382. The molecule has 1 aliphatic heterocycles. The fourth-order valence-electron chi connectivity index (χ4n) is 2.02. The summed E-state index contributed by atoms with van der Waals surface area (Å²) in [5, 5.41) is 8.03. The summed E-state index contributed by atoms with van der Waals surface area (Å²) in [5.74, 6) is 0. The molecule has 0 amide bonds. The molecule has 94 valence electrons. The normalized spacial score (nSPS) is 18.4. The van der Waals surface area contributed by atoms with Crippen LogP contribution in [-0.2, 0) is 13.6 Å². The van der Waals surface area contributed by atoms with Crippen LogP contribution in [-0.4, -0.2) is 62.5 Å². The maximum Gasteiger partial charge on any atom is 0.0967 e. The first-order valence-electron chi connectivity index (χ1n) is 5.71. The Morgan fingerprint density at radius 2 is 2.00 bits per heavy atom. The zero-order chi connectivity index (χ0) is 12.3. The smallest absolute Gasteiger partial charge is 0.0967 e. The second-order valence-electron chi connectivity index (χ2n) is 4.40. The first-order valence-corrected chi connectivity index (χ1v) is 6.12. The van der Waals surface area contributed by atoms with Gasteiger partial charge in [-0.1, -0.05) is 17.4 Å². The highest BCUT2D eigenvalue weighted by molar-refractivity contribution is 7.80. The van der Waals surface area contributed by atoms with Crippen molar-refractivity contribution in [3.8, 4) is 0 Å². The molecule has 2 N–H and O–H groups in total. The largest absolute Gasteiger partial charge is 0.392 e. The van der Waals surface area contributed by atoms with E-state index in [0.29, 0.717) is 4.99 Å². The number of aromatic nitrogens is 3. The average molecular weight is 254 g/mol. The predicted molar refractivity (Wildman–Crippen MR) is 69.5 cm³/mol. The fraction of sp³-hybridized carbons (Fsp3) is 0.700. The average Bonchev–Trinajstić information content (AvgIpc) is 2.66. The summed E-state index contributed by atoms with van der Waals surface area (Å²) in [6.45, 7) is 5.68. The van der Waals surface area contributed by atoms with Gasteiger partial charge in [-0.3, -0.25) is 14.5 Å². The van der Waals surface area contributed by atoms with Crippen molar-refractivity contribution in [2.24, 2.45) is 12.8 Å². The predicted octanol–water partition coefficient (Wildman–Crippen LogP) is -0.781. The number of hydrogen-bond acceptors (Lipinski definition) is 5. The first-order chi connectivity index (χ1) is 8.13. The summed E-state index contributed by atoms with van der Waals surface area (Å²) in [6.07, 6.45) is 1.96. The number of aryl methyl sites for hydroxylation is 1. The summed E-state index contributed by atoms with van der Waals surface area (Å²) in [6, 6.07) is 0. The van der Waals surface area contributed by atoms with Crippen molar-refractivity contribution in [2.75, 3.05) is 32.7 Å². The van der Waals surface area contributed by atoms with Crippen LogP contribution in [0.15, 0.2) is 6.20 Å². The van der Waals surface area contributed by atoms with E-state index in [-0.39, 0.29) is 0 Å². The molecule has 7 heteroatoms. The van der Waals surface area contributed by atoms with E-state index in [1.807, 2.05) is 13.2 Å². The number of thiocarbonyl (C=S) groups is 1. The highest BCUT2D eigenvalue weighted by Crippen LogP contribution is 2.05. The van der Waals surface area contributed by atoms with E-state index in [2.05, 4.69) is 20.1 Å². The van der Waals surface area contributed by atoms with Crippen LogP contribution in [0.5, 0.6) is 0 Å². The van der Waals surface area contributed by atoms with Crippen LogP contribution in [0.25, 0.3) is 0 Å². The monoisotopic (exact) mass is 254 g/mol. The van der Waals surface area contributed by atoms with Gasteiger partial charge in [-0.05, 0) is 0 Å². The lowest BCUT2D eigenvalue weighted by atomic mass is 10.3. The second kappa shape index (κ2) is 5.52. The van der Waals surface area contributed by atoms with Crippen molar-refractivity contribution in [3.63, 3.8) is 0 Å². The highest BCUT2D eigenvalue weighted by atomic mass is 32.1. The van der Waals surface area contributed by atoms with Crippen LogP contribution in [0, 0.1) is 0 Å². The first kappa shape index (κ1) is 12.4. The number of nitrogens with zero attached hydrogens (tertiary/aromatic N) is 5. The standard InChI is InChI=1S/C10H18N6S/c1-14-6-9(12-13-14)7-15-2-4-16(5-3-15)8-10(11)17/h6H,2-5,7-8H2,1H3,(H2,11,17). The minimum atomic E-state index is 0.576. The molecule has 1 fully saturated rings. The lowest BCUT2D eigenvalue weighted by Crippen LogP contribution is -2.48. The Balaban J connectivity index is 1.77. The minimum absolute atomic E-state index is 0.576. The molecule has 0 spiro atoms. The molecule has 2 heterocycles. The van der Waals surface area contributed by atoms with Crippen LogP contribution in [0.4, 0.5) is 0 Å². The van der Waals surface area contributed by atoms with E-state index in [4.69, 9.17) is 18.0 Å². The summed E-state index contributed by atoms with van der Waals surface area (Å²) in [7, 11) is 1.89. The van der Waals surface area contributed by atoms with E-state index < -0.39 is 0 Å². The van der Waals surface area contributed by atoms with Crippen molar-refractivity contribution in [1.29, 1.82) is 0 Å². The lowest BCUT2D eigenvalue weighted by Gasteiger charge is -2.33. The van der Waals surface area contributed by atoms with Crippen LogP contribution in [0.1, 0.15) is 5.69 Å². The molecule has 0 aromatic carbocycles. The highest BCUT2D eigenvalue weighted by Gasteiger charge is 2.17. The van der Waals surface area contributed by atoms with Gasteiger partial charge in [-0.15, -0.1) is 5.10 Å². The van der Waals surface area contributed by atoms with Crippen molar-refractivity contribution < 1.29 is 0 Å². The van der Waals surface area contributed by atoms with Crippen LogP contribution in [0.2, 0.25) is 0 Å².